The van der Waals surface area contributed by atoms with Gasteiger partial charge in [-0.15, -0.1) is 0 Å². The highest BCUT2D eigenvalue weighted by Gasteiger charge is 2.23. The zero-order valence-corrected chi connectivity index (χ0v) is 19.3. The van der Waals surface area contributed by atoms with Crippen LogP contribution in [-0.2, 0) is 4.74 Å². The van der Waals surface area contributed by atoms with Gasteiger partial charge in [-0.1, -0.05) is 0 Å². The summed E-state index contributed by atoms with van der Waals surface area (Å²) >= 11 is 0. The van der Waals surface area contributed by atoms with Crippen molar-refractivity contribution in [1.82, 2.24) is 15.6 Å². The smallest absolute Gasteiger partial charge is 0.166 e. The number of allylic oxidation sites excluding steroid dienone is 1. The zero-order valence-electron chi connectivity index (χ0n) is 19.3. The number of benzene rings is 1. The second-order valence-electron chi connectivity index (χ2n) is 7.78. The molecule has 176 valence electrons. The van der Waals surface area contributed by atoms with Gasteiger partial charge in [0.2, 0.25) is 0 Å². The first-order valence-corrected chi connectivity index (χ1v) is 10.7. The number of pyridine rings is 1. The van der Waals surface area contributed by atoms with Gasteiger partial charge in [0.1, 0.15) is 18.1 Å². The number of hydrogen-bond acceptors (Lipinski definition) is 8. The Labute approximate surface area is 193 Å². The normalized spacial score (nSPS) is 20.5. The molecule has 33 heavy (non-hydrogen) atoms. The summed E-state index contributed by atoms with van der Waals surface area (Å²) in [5, 5.41) is 14.8. The van der Waals surface area contributed by atoms with Gasteiger partial charge in [-0.2, -0.15) is 0 Å². The number of halogens is 1. The van der Waals surface area contributed by atoms with Gasteiger partial charge in [0, 0.05) is 65.8 Å². The molecule has 7 N–H and O–H groups in total. The molecule has 0 spiro atoms. The van der Waals surface area contributed by atoms with E-state index in [2.05, 4.69) is 15.6 Å². The first kappa shape index (κ1) is 24.2. The zero-order chi connectivity index (χ0) is 24.1. The topological polar surface area (TPSA) is 131 Å². The SMILES string of the molecule is CCN/C1=C(\C(N)OC)CN/C(=C\C(C)=N)c2ccc(F)cc2C(C)Oc2cc1cnc2N. The lowest BCUT2D eigenvalue weighted by Gasteiger charge is -2.26. The molecule has 8 nitrogen and oxygen atoms in total. The summed E-state index contributed by atoms with van der Waals surface area (Å²) in [6.45, 7) is 6.41. The molecule has 2 unspecified atom stereocenters. The number of anilines is 1. The Balaban J connectivity index is 2.30. The maximum Gasteiger partial charge on any atom is 0.166 e. The van der Waals surface area contributed by atoms with Crippen LogP contribution in [0.3, 0.4) is 0 Å². The Morgan fingerprint density at radius 3 is 2.88 bits per heavy atom. The van der Waals surface area contributed by atoms with Gasteiger partial charge >= 0.3 is 0 Å². The predicted molar refractivity (Wildman–Crippen MR) is 129 cm³/mol. The van der Waals surface area contributed by atoms with Crippen LogP contribution in [-0.4, -0.2) is 37.1 Å². The van der Waals surface area contributed by atoms with Crippen molar-refractivity contribution in [1.29, 1.82) is 5.41 Å². The molecule has 0 saturated carbocycles. The lowest BCUT2D eigenvalue weighted by molar-refractivity contribution is 0.136. The van der Waals surface area contributed by atoms with Crippen LogP contribution in [0.4, 0.5) is 10.2 Å². The van der Waals surface area contributed by atoms with Gasteiger partial charge in [0.05, 0.1) is 0 Å². The van der Waals surface area contributed by atoms with Crippen LogP contribution in [0.15, 0.2) is 42.1 Å². The number of fused-ring (bicyclic) bond motifs is 3. The molecule has 0 radical (unpaired) electrons. The van der Waals surface area contributed by atoms with Crippen LogP contribution in [0.5, 0.6) is 5.75 Å². The van der Waals surface area contributed by atoms with Crippen molar-refractivity contribution in [3.63, 3.8) is 0 Å². The van der Waals surface area contributed by atoms with Gasteiger partial charge in [0.25, 0.3) is 0 Å². The van der Waals surface area contributed by atoms with Crippen LogP contribution in [0.1, 0.15) is 43.6 Å². The van der Waals surface area contributed by atoms with Crippen LogP contribution < -0.4 is 26.8 Å². The number of nitrogen functional groups attached to an aromatic ring is 1. The predicted octanol–water partition coefficient (Wildman–Crippen LogP) is 3.18. The maximum atomic E-state index is 14.2. The standard InChI is InChI=1S/C24H31FN6O2/c1-5-29-22-15-9-21(23(27)31-11-15)33-14(3)18-10-16(25)6-7-17(18)20(8-13(2)26)30-12-19(22)24(28)32-4/h6-11,14,24,26,29-30H,5,12,28H2,1-4H3,(H2,27,31)/b20-8-,22-19-,26-13?. The Morgan fingerprint density at radius 2 is 2.21 bits per heavy atom. The highest BCUT2D eigenvalue weighted by Crippen LogP contribution is 2.33. The number of hydrogen-bond donors (Lipinski definition) is 5. The molecule has 1 aliphatic rings. The van der Waals surface area contributed by atoms with Crippen molar-refractivity contribution in [3.05, 3.63) is 64.6 Å². The van der Waals surface area contributed by atoms with Crippen LogP contribution in [0.25, 0.3) is 11.4 Å². The minimum absolute atomic E-state index is 0.221. The van der Waals surface area contributed by atoms with Crippen LogP contribution >= 0.6 is 0 Å². The Kier molecular flexibility index (Phi) is 7.67. The van der Waals surface area contributed by atoms with E-state index in [1.54, 1.807) is 31.3 Å². The van der Waals surface area contributed by atoms with E-state index in [0.717, 1.165) is 16.8 Å². The van der Waals surface area contributed by atoms with Gasteiger partial charge < -0.3 is 37.0 Å². The van der Waals surface area contributed by atoms with E-state index in [1.807, 2.05) is 13.8 Å². The minimum Gasteiger partial charge on any atom is -0.482 e. The van der Waals surface area contributed by atoms with E-state index >= 15 is 0 Å². The summed E-state index contributed by atoms with van der Waals surface area (Å²) in [6.07, 6.45) is 2.07. The van der Waals surface area contributed by atoms with E-state index in [1.165, 1.54) is 19.2 Å². The van der Waals surface area contributed by atoms with Crippen molar-refractivity contribution >= 4 is 22.9 Å². The molecule has 1 aliphatic heterocycles. The number of rotatable bonds is 5. The number of methoxy groups -OCH3 is 1. The summed E-state index contributed by atoms with van der Waals surface area (Å²) in [5.74, 6) is 0.204. The van der Waals surface area contributed by atoms with E-state index < -0.39 is 18.1 Å². The van der Waals surface area contributed by atoms with E-state index in [-0.39, 0.29) is 5.82 Å². The molecule has 0 fully saturated rings. The molecule has 0 saturated heterocycles. The Morgan fingerprint density at radius 1 is 1.45 bits per heavy atom. The van der Waals surface area contributed by atoms with Gasteiger partial charge in [-0.3, -0.25) is 0 Å². The lowest BCUT2D eigenvalue weighted by Crippen LogP contribution is -2.34. The average molecular weight is 455 g/mol. The molecular weight excluding hydrogens is 423 g/mol. The van der Waals surface area contributed by atoms with E-state index in [9.17, 15) is 4.39 Å². The molecule has 2 bridgehead atoms. The van der Waals surface area contributed by atoms with Crippen molar-refractivity contribution < 1.29 is 13.9 Å². The van der Waals surface area contributed by atoms with Crippen LogP contribution in [0, 0.1) is 11.2 Å². The lowest BCUT2D eigenvalue weighted by atomic mass is 9.98. The number of nitrogens with zero attached hydrogens (tertiary/aromatic N) is 1. The fourth-order valence-electron chi connectivity index (χ4n) is 3.74. The molecule has 9 heteroatoms. The molecule has 1 aromatic heterocycles. The Hall–Kier alpha value is -3.43. The third kappa shape index (κ3) is 5.50. The summed E-state index contributed by atoms with van der Waals surface area (Å²) in [5.41, 5.74) is 16.9. The number of aromatic nitrogens is 1. The first-order chi connectivity index (χ1) is 15.7. The molecule has 2 atom stereocenters. The average Bonchev–Trinajstić information content (AvgIpc) is 2.78. The first-order valence-electron chi connectivity index (χ1n) is 10.7. The van der Waals surface area contributed by atoms with Crippen molar-refractivity contribution in [2.75, 3.05) is 25.9 Å². The van der Waals surface area contributed by atoms with Gasteiger partial charge in [-0.25, -0.2) is 9.37 Å². The van der Waals surface area contributed by atoms with E-state index in [0.29, 0.717) is 41.4 Å². The third-order valence-corrected chi connectivity index (χ3v) is 5.32. The van der Waals surface area contributed by atoms with E-state index in [4.69, 9.17) is 26.4 Å². The molecule has 1 aromatic carbocycles. The van der Waals surface area contributed by atoms with Gasteiger partial charge in [-0.05, 0) is 51.1 Å². The monoisotopic (exact) mass is 454 g/mol. The largest absolute Gasteiger partial charge is 0.482 e. The summed E-state index contributed by atoms with van der Waals surface area (Å²) < 4.78 is 25.9. The minimum atomic E-state index is -0.717. The summed E-state index contributed by atoms with van der Waals surface area (Å²) in [7, 11) is 1.53. The third-order valence-electron chi connectivity index (χ3n) is 5.32. The number of ether oxygens (including phenoxy) is 2. The molecular formula is C24H31FN6O2. The highest BCUT2D eigenvalue weighted by atomic mass is 19.1. The second kappa shape index (κ2) is 10.5. The second-order valence-corrected chi connectivity index (χ2v) is 7.78. The number of nitrogens with two attached hydrogens (primary N) is 2. The van der Waals surface area contributed by atoms with Crippen molar-refractivity contribution in [2.45, 2.75) is 33.1 Å². The highest BCUT2D eigenvalue weighted by molar-refractivity contribution is 5.97. The number of nitrogens with one attached hydrogen (secondary N) is 3. The summed E-state index contributed by atoms with van der Waals surface area (Å²) in [6, 6.07) is 6.26. The van der Waals surface area contributed by atoms with Crippen molar-refractivity contribution in [3.8, 4) is 5.75 Å². The maximum absolute atomic E-state index is 14.2. The fourth-order valence-corrected chi connectivity index (χ4v) is 3.74. The fraction of sp³-hybridized carbons (Fsp3) is 0.333. The quantitative estimate of drug-likeness (QED) is 0.346. The molecule has 0 aliphatic carbocycles. The van der Waals surface area contributed by atoms with Gasteiger partial charge in [0.15, 0.2) is 11.6 Å². The van der Waals surface area contributed by atoms with Crippen LogP contribution in [0.2, 0.25) is 0 Å². The molecule has 3 rings (SSSR count). The molecule has 2 aromatic rings. The molecule has 2 heterocycles. The van der Waals surface area contributed by atoms with Crippen molar-refractivity contribution in [2.24, 2.45) is 5.73 Å². The Bertz CT molecular complexity index is 1100. The summed E-state index contributed by atoms with van der Waals surface area (Å²) in [4.78, 5) is 4.31. The molecule has 0 amide bonds.